The number of para-hydroxylation sites is 1. The van der Waals surface area contributed by atoms with E-state index in [1.807, 2.05) is 30.3 Å². The largest absolute Gasteiger partial charge is 0.308 e. The van der Waals surface area contributed by atoms with Gasteiger partial charge in [0.05, 0.1) is 24.0 Å². The molecule has 1 aromatic carbocycles. The van der Waals surface area contributed by atoms with Gasteiger partial charge in [0.1, 0.15) is 5.82 Å². The van der Waals surface area contributed by atoms with Crippen LogP contribution in [0.5, 0.6) is 0 Å². The van der Waals surface area contributed by atoms with E-state index in [0.717, 1.165) is 11.2 Å². The van der Waals surface area contributed by atoms with Crippen LogP contribution in [0.15, 0.2) is 53.5 Å². The number of benzene rings is 1. The number of hydrazine groups is 1. The molecule has 0 amide bonds. The molecule has 0 saturated heterocycles. The fourth-order valence-electron chi connectivity index (χ4n) is 2.09. The van der Waals surface area contributed by atoms with E-state index in [9.17, 15) is 4.79 Å². The molecule has 100 valence electrons. The number of hydrogen-bond acceptors (Lipinski definition) is 5. The monoisotopic (exact) mass is 267 g/mol. The van der Waals surface area contributed by atoms with E-state index in [4.69, 9.17) is 5.84 Å². The number of anilines is 1. The van der Waals surface area contributed by atoms with E-state index in [2.05, 4.69) is 15.5 Å². The van der Waals surface area contributed by atoms with Crippen LogP contribution in [0, 0.1) is 0 Å². The van der Waals surface area contributed by atoms with Crippen LogP contribution in [0.1, 0.15) is 5.69 Å². The standard InChI is InChI=1S/C14H13N5O/c15-18-14-7-3-4-10(17-14)9-19-12-6-2-1-5-11(12)13(20)8-16-19/h1-8H,9,15H2,(H,17,18). The Morgan fingerprint density at radius 3 is 2.85 bits per heavy atom. The zero-order valence-corrected chi connectivity index (χ0v) is 10.7. The molecule has 6 heteroatoms. The summed E-state index contributed by atoms with van der Waals surface area (Å²) < 4.78 is 1.75. The first-order valence-corrected chi connectivity index (χ1v) is 6.15. The number of nitrogen functional groups attached to an aromatic ring is 1. The fourth-order valence-corrected chi connectivity index (χ4v) is 2.09. The average Bonchev–Trinajstić information content (AvgIpc) is 2.51. The quantitative estimate of drug-likeness (QED) is 0.548. The lowest BCUT2D eigenvalue weighted by molar-refractivity contribution is 0.681. The van der Waals surface area contributed by atoms with Crippen molar-refractivity contribution in [2.24, 2.45) is 5.84 Å². The minimum Gasteiger partial charge on any atom is -0.308 e. The highest BCUT2D eigenvalue weighted by atomic mass is 16.1. The molecule has 0 aliphatic heterocycles. The van der Waals surface area contributed by atoms with E-state index in [0.29, 0.717) is 17.7 Å². The SMILES string of the molecule is NNc1cccc(Cn2ncc(=O)c3ccccc32)n1. The minimum absolute atomic E-state index is 0.0813. The first-order chi connectivity index (χ1) is 9.78. The van der Waals surface area contributed by atoms with E-state index in [1.54, 1.807) is 16.8 Å². The number of fused-ring (bicyclic) bond motifs is 1. The van der Waals surface area contributed by atoms with Crippen LogP contribution in [0.2, 0.25) is 0 Å². The molecule has 2 aromatic heterocycles. The molecule has 2 heterocycles. The van der Waals surface area contributed by atoms with Gasteiger partial charge in [0.25, 0.3) is 0 Å². The lowest BCUT2D eigenvalue weighted by Crippen LogP contribution is -2.14. The van der Waals surface area contributed by atoms with E-state index < -0.39 is 0 Å². The van der Waals surface area contributed by atoms with Crippen molar-refractivity contribution in [1.29, 1.82) is 0 Å². The predicted octanol–water partition coefficient (Wildman–Crippen LogP) is 1.13. The van der Waals surface area contributed by atoms with Crippen molar-refractivity contribution in [2.45, 2.75) is 6.54 Å². The molecule has 3 rings (SSSR count). The lowest BCUT2D eigenvalue weighted by atomic mass is 10.2. The van der Waals surface area contributed by atoms with E-state index >= 15 is 0 Å². The molecule has 6 nitrogen and oxygen atoms in total. The van der Waals surface area contributed by atoms with Gasteiger partial charge in [-0.2, -0.15) is 5.10 Å². The molecular formula is C14H13N5O. The number of rotatable bonds is 3. The van der Waals surface area contributed by atoms with Crippen molar-refractivity contribution in [3.63, 3.8) is 0 Å². The van der Waals surface area contributed by atoms with Gasteiger partial charge in [-0.05, 0) is 24.3 Å². The Hall–Kier alpha value is -2.73. The second-order valence-corrected chi connectivity index (χ2v) is 4.34. The maximum Gasteiger partial charge on any atom is 0.207 e. The first kappa shape index (κ1) is 12.3. The summed E-state index contributed by atoms with van der Waals surface area (Å²) in [4.78, 5) is 16.1. The van der Waals surface area contributed by atoms with Crippen molar-refractivity contribution >= 4 is 16.7 Å². The maximum absolute atomic E-state index is 11.8. The Morgan fingerprint density at radius 1 is 1.15 bits per heavy atom. The van der Waals surface area contributed by atoms with Gasteiger partial charge in [-0.15, -0.1) is 0 Å². The van der Waals surface area contributed by atoms with Gasteiger partial charge >= 0.3 is 0 Å². The summed E-state index contributed by atoms with van der Waals surface area (Å²) in [6.07, 6.45) is 1.33. The molecule has 0 aliphatic carbocycles. The Bertz CT molecular complexity index is 812. The molecule has 0 atom stereocenters. The summed E-state index contributed by atoms with van der Waals surface area (Å²) >= 11 is 0. The van der Waals surface area contributed by atoms with Crippen molar-refractivity contribution < 1.29 is 0 Å². The van der Waals surface area contributed by atoms with Crippen LogP contribution in [0.4, 0.5) is 5.82 Å². The normalized spacial score (nSPS) is 10.7. The molecule has 3 aromatic rings. The third-order valence-electron chi connectivity index (χ3n) is 3.03. The van der Waals surface area contributed by atoms with Crippen molar-refractivity contribution in [1.82, 2.24) is 14.8 Å². The topological polar surface area (TPSA) is 85.8 Å². The predicted molar refractivity (Wildman–Crippen MR) is 77.2 cm³/mol. The van der Waals surface area contributed by atoms with Gasteiger partial charge in [0, 0.05) is 5.39 Å². The maximum atomic E-state index is 11.8. The van der Waals surface area contributed by atoms with Crippen LogP contribution < -0.4 is 16.7 Å². The summed E-state index contributed by atoms with van der Waals surface area (Å²) in [7, 11) is 0. The molecule has 0 aliphatic rings. The Labute approximate surface area is 114 Å². The van der Waals surface area contributed by atoms with Gasteiger partial charge in [-0.1, -0.05) is 18.2 Å². The molecular weight excluding hydrogens is 254 g/mol. The van der Waals surface area contributed by atoms with Crippen molar-refractivity contribution in [2.75, 3.05) is 5.43 Å². The highest BCUT2D eigenvalue weighted by Crippen LogP contribution is 2.10. The summed E-state index contributed by atoms with van der Waals surface area (Å²) in [5.74, 6) is 5.94. The molecule has 3 N–H and O–H groups in total. The van der Waals surface area contributed by atoms with Gasteiger partial charge in [-0.3, -0.25) is 9.48 Å². The highest BCUT2D eigenvalue weighted by Gasteiger charge is 2.05. The van der Waals surface area contributed by atoms with Crippen LogP contribution >= 0.6 is 0 Å². The number of pyridine rings is 1. The number of aromatic nitrogens is 3. The van der Waals surface area contributed by atoms with Gasteiger partial charge in [0.15, 0.2) is 0 Å². The van der Waals surface area contributed by atoms with Crippen LogP contribution in [-0.4, -0.2) is 14.8 Å². The lowest BCUT2D eigenvalue weighted by Gasteiger charge is -2.09. The van der Waals surface area contributed by atoms with Crippen LogP contribution in [0.25, 0.3) is 10.9 Å². The summed E-state index contributed by atoms with van der Waals surface area (Å²) in [6.45, 7) is 0.469. The van der Waals surface area contributed by atoms with Gasteiger partial charge < -0.3 is 5.43 Å². The third kappa shape index (κ3) is 2.24. The van der Waals surface area contributed by atoms with Crippen molar-refractivity contribution in [3.05, 3.63) is 64.6 Å². The summed E-state index contributed by atoms with van der Waals surface area (Å²) in [6, 6.07) is 12.9. The Kier molecular flexibility index (Phi) is 3.14. The molecule has 0 unspecified atom stereocenters. The second kappa shape index (κ2) is 5.10. The molecule has 0 spiro atoms. The zero-order valence-electron chi connectivity index (χ0n) is 10.7. The molecule has 0 bridgehead atoms. The summed E-state index contributed by atoms with van der Waals surface area (Å²) in [5, 5.41) is 4.82. The number of nitrogens with zero attached hydrogens (tertiary/aromatic N) is 3. The fraction of sp³-hybridized carbons (Fsp3) is 0.0714. The highest BCUT2D eigenvalue weighted by molar-refractivity contribution is 5.77. The molecule has 0 radical (unpaired) electrons. The molecule has 0 saturated carbocycles. The zero-order chi connectivity index (χ0) is 13.9. The third-order valence-corrected chi connectivity index (χ3v) is 3.03. The van der Waals surface area contributed by atoms with Gasteiger partial charge in [0.2, 0.25) is 5.43 Å². The number of nitrogens with one attached hydrogen (secondary N) is 1. The number of nitrogens with two attached hydrogens (primary N) is 1. The summed E-state index contributed by atoms with van der Waals surface area (Å²) in [5.41, 5.74) is 4.02. The van der Waals surface area contributed by atoms with Crippen molar-refractivity contribution in [3.8, 4) is 0 Å². The van der Waals surface area contributed by atoms with E-state index in [-0.39, 0.29) is 5.43 Å². The molecule has 0 fully saturated rings. The Balaban J connectivity index is 2.07. The minimum atomic E-state index is -0.0813. The first-order valence-electron chi connectivity index (χ1n) is 6.15. The number of hydrogen-bond donors (Lipinski definition) is 2. The second-order valence-electron chi connectivity index (χ2n) is 4.34. The smallest absolute Gasteiger partial charge is 0.207 e. The molecule has 20 heavy (non-hydrogen) atoms. The Morgan fingerprint density at radius 2 is 2.00 bits per heavy atom. The van der Waals surface area contributed by atoms with E-state index in [1.165, 1.54) is 6.20 Å². The van der Waals surface area contributed by atoms with Crippen LogP contribution in [0.3, 0.4) is 0 Å². The van der Waals surface area contributed by atoms with Crippen LogP contribution in [-0.2, 0) is 6.54 Å². The van der Waals surface area contributed by atoms with Gasteiger partial charge in [-0.25, -0.2) is 10.8 Å². The average molecular weight is 267 g/mol.